The molecule has 0 saturated heterocycles. The second kappa shape index (κ2) is 11.5. The van der Waals surface area contributed by atoms with Gasteiger partial charge in [-0.15, -0.1) is 13.2 Å². The number of esters is 1. The van der Waals surface area contributed by atoms with E-state index >= 15 is 0 Å². The van der Waals surface area contributed by atoms with Crippen molar-refractivity contribution in [3.8, 4) is 5.75 Å². The minimum absolute atomic E-state index is 0.103. The van der Waals surface area contributed by atoms with Crippen molar-refractivity contribution in [1.29, 1.82) is 0 Å². The SMILES string of the molecule is CCOC(=O)C(/C=C/c1ccc(OC(F)(F)F)cc1)(Nc1c(F)c(F)c(C(F)(F)F)c(F)c1F)c1ccccc1. The maximum absolute atomic E-state index is 14.8. The third-order valence-corrected chi connectivity index (χ3v) is 5.34. The number of nitrogens with one attached hydrogen (secondary N) is 1. The summed E-state index contributed by atoms with van der Waals surface area (Å²) in [6, 6.07) is 10.7. The molecule has 14 heteroatoms. The monoisotopic (exact) mass is 581 g/mol. The molecular weight excluding hydrogens is 564 g/mol. The number of anilines is 1. The molecule has 3 aromatic carbocycles. The van der Waals surface area contributed by atoms with E-state index < -0.39 is 64.3 Å². The Kier molecular flexibility index (Phi) is 8.70. The molecule has 0 aromatic heterocycles. The summed E-state index contributed by atoms with van der Waals surface area (Å²) in [6.45, 7) is 1.04. The van der Waals surface area contributed by atoms with Crippen LogP contribution in [0.1, 0.15) is 23.6 Å². The van der Waals surface area contributed by atoms with Gasteiger partial charge in [0.2, 0.25) is 0 Å². The van der Waals surface area contributed by atoms with Crippen LogP contribution < -0.4 is 10.1 Å². The van der Waals surface area contributed by atoms with E-state index in [2.05, 4.69) is 4.74 Å². The lowest BCUT2D eigenvalue weighted by Crippen LogP contribution is -2.44. The van der Waals surface area contributed by atoms with Crippen LogP contribution >= 0.6 is 0 Å². The van der Waals surface area contributed by atoms with E-state index in [1.165, 1.54) is 37.3 Å². The number of alkyl halides is 6. The van der Waals surface area contributed by atoms with Crippen LogP contribution in [-0.2, 0) is 21.2 Å². The Balaban J connectivity index is 2.22. The second-order valence-corrected chi connectivity index (χ2v) is 7.97. The number of carbonyl (C=O) groups is 1. The highest BCUT2D eigenvalue weighted by Crippen LogP contribution is 2.41. The molecule has 0 aliphatic heterocycles. The first kappa shape index (κ1) is 30.3. The number of halogens is 10. The van der Waals surface area contributed by atoms with Crippen LogP contribution in [0.15, 0.2) is 60.7 Å². The molecule has 3 aromatic rings. The lowest BCUT2D eigenvalue weighted by atomic mass is 9.88. The molecular formula is C26H17F10NO3. The van der Waals surface area contributed by atoms with Crippen molar-refractivity contribution in [3.63, 3.8) is 0 Å². The zero-order chi connectivity index (χ0) is 29.9. The van der Waals surface area contributed by atoms with Gasteiger partial charge in [0.1, 0.15) is 17.0 Å². The molecule has 1 unspecified atom stereocenters. The molecule has 4 nitrogen and oxygen atoms in total. The van der Waals surface area contributed by atoms with Gasteiger partial charge in [-0.25, -0.2) is 22.4 Å². The van der Waals surface area contributed by atoms with Gasteiger partial charge in [-0.2, -0.15) is 13.2 Å². The predicted molar refractivity (Wildman–Crippen MR) is 122 cm³/mol. The van der Waals surface area contributed by atoms with Crippen molar-refractivity contribution in [2.45, 2.75) is 25.0 Å². The van der Waals surface area contributed by atoms with Crippen LogP contribution in [0.4, 0.5) is 49.6 Å². The number of ether oxygens (including phenoxy) is 2. The van der Waals surface area contributed by atoms with Crippen LogP contribution in [0.5, 0.6) is 5.75 Å². The maximum atomic E-state index is 14.8. The van der Waals surface area contributed by atoms with E-state index in [0.717, 1.165) is 36.4 Å². The fraction of sp³-hybridized carbons (Fsp3) is 0.192. The Morgan fingerprint density at radius 2 is 1.38 bits per heavy atom. The van der Waals surface area contributed by atoms with Crippen molar-refractivity contribution < 1.29 is 58.2 Å². The Bertz CT molecular complexity index is 1360. The molecule has 0 amide bonds. The number of benzene rings is 3. The maximum Gasteiger partial charge on any atom is 0.573 e. The summed E-state index contributed by atoms with van der Waals surface area (Å²) in [5.41, 5.74) is -7.11. The number of carbonyl (C=O) groups excluding carboxylic acids is 1. The molecule has 1 N–H and O–H groups in total. The molecule has 0 bridgehead atoms. The fourth-order valence-corrected chi connectivity index (χ4v) is 3.58. The summed E-state index contributed by atoms with van der Waals surface area (Å²) in [5, 5.41) is 1.97. The van der Waals surface area contributed by atoms with Crippen molar-refractivity contribution in [3.05, 3.63) is 101 Å². The third-order valence-electron chi connectivity index (χ3n) is 5.34. The van der Waals surface area contributed by atoms with Gasteiger partial charge >= 0.3 is 18.5 Å². The summed E-state index contributed by atoms with van der Waals surface area (Å²) in [4.78, 5) is 13.2. The molecule has 0 heterocycles. The largest absolute Gasteiger partial charge is 0.573 e. The van der Waals surface area contributed by atoms with Gasteiger partial charge in [0.05, 0.1) is 6.61 Å². The van der Waals surface area contributed by atoms with Gasteiger partial charge in [-0.1, -0.05) is 48.5 Å². The summed E-state index contributed by atoms with van der Waals surface area (Å²) in [5.74, 6) is -12.4. The van der Waals surface area contributed by atoms with E-state index in [1.54, 1.807) is 0 Å². The second-order valence-electron chi connectivity index (χ2n) is 7.97. The summed E-state index contributed by atoms with van der Waals surface area (Å²) in [6.07, 6.45) is -8.78. The highest BCUT2D eigenvalue weighted by molar-refractivity contribution is 5.90. The zero-order valence-corrected chi connectivity index (χ0v) is 20.1. The topological polar surface area (TPSA) is 47.6 Å². The standard InChI is InChI=1S/C26H17F10NO3/c1-2-39-23(38)24(15-6-4-3-5-7-15,13-12-14-8-10-16(11-9-14)40-26(34,35)36)37-22-20(29)18(27)17(25(31,32)33)19(28)21(22)30/h3-13,37H,2H2,1H3/b13-12+. The molecule has 0 spiro atoms. The molecule has 1 atom stereocenters. The Labute approximate surface area is 219 Å². The average Bonchev–Trinajstić information content (AvgIpc) is 2.87. The smallest absolute Gasteiger partial charge is 0.464 e. The molecule has 3 rings (SSSR count). The molecule has 40 heavy (non-hydrogen) atoms. The zero-order valence-electron chi connectivity index (χ0n) is 20.1. The van der Waals surface area contributed by atoms with E-state index in [9.17, 15) is 48.7 Å². The summed E-state index contributed by atoms with van der Waals surface area (Å²) in [7, 11) is 0. The minimum Gasteiger partial charge on any atom is -0.464 e. The van der Waals surface area contributed by atoms with Gasteiger partial charge in [0.25, 0.3) is 0 Å². The fourth-order valence-electron chi connectivity index (χ4n) is 3.58. The first-order valence-corrected chi connectivity index (χ1v) is 11.1. The number of hydrogen-bond acceptors (Lipinski definition) is 4. The van der Waals surface area contributed by atoms with E-state index in [4.69, 9.17) is 4.74 Å². The highest BCUT2D eigenvalue weighted by atomic mass is 19.4. The van der Waals surface area contributed by atoms with Gasteiger partial charge in [0.15, 0.2) is 28.8 Å². The summed E-state index contributed by atoms with van der Waals surface area (Å²) < 4.78 is 144. The van der Waals surface area contributed by atoms with Crippen LogP contribution in [0.2, 0.25) is 0 Å². The minimum atomic E-state index is -5.80. The predicted octanol–water partition coefficient (Wildman–Crippen LogP) is 7.74. The molecule has 0 radical (unpaired) electrons. The van der Waals surface area contributed by atoms with Crippen molar-refractivity contribution in [2.75, 3.05) is 11.9 Å². The van der Waals surface area contributed by atoms with Crippen molar-refractivity contribution in [2.24, 2.45) is 0 Å². The van der Waals surface area contributed by atoms with E-state index in [-0.39, 0.29) is 17.7 Å². The number of hydrogen-bond donors (Lipinski definition) is 1. The normalized spacial score (nSPS) is 13.7. The van der Waals surface area contributed by atoms with Crippen LogP contribution in [0.3, 0.4) is 0 Å². The van der Waals surface area contributed by atoms with Gasteiger partial charge in [-0.3, -0.25) is 0 Å². The molecule has 214 valence electrons. The molecule has 0 fully saturated rings. The first-order chi connectivity index (χ1) is 18.6. The lowest BCUT2D eigenvalue weighted by Gasteiger charge is -2.32. The van der Waals surface area contributed by atoms with Gasteiger partial charge in [-0.05, 0) is 36.3 Å². The molecule has 0 aliphatic rings. The average molecular weight is 581 g/mol. The van der Waals surface area contributed by atoms with Crippen LogP contribution in [0.25, 0.3) is 6.08 Å². The van der Waals surface area contributed by atoms with Gasteiger partial charge < -0.3 is 14.8 Å². The van der Waals surface area contributed by atoms with Crippen LogP contribution in [0, 0.1) is 23.3 Å². The Morgan fingerprint density at radius 1 is 0.825 bits per heavy atom. The van der Waals surface area contributed by atoms with Crippen molar-refractivity contribution in [1.82, 2.24) is 0 Å². The van der Waals surface area contributed by atoms with Crippen molar-refractivity contribution >= 4 is 17.7 Å². The lowest BCUT2D eigenvalue weighted by molar-refractivity contribution is -0.274. The Hall–Kier alpha value is -4.23. The quantitative estimate of drug-likeness (QED) is 0.168. The van der Waals surface area contributed by atoms with Crippen LogP contribution in [-0.4, -0.2) is 18.9 Å². The third kappa shape index (κ3) is 6.49. The van der Waals surface area contributed by atoms with Gasteiger partial charge in [0, 0.05) is 0 Å². The highest BCUT2D eigenvalue weighted by Gasteiger charge is 2.46. The van der Waals surface area contributed by atoms with E-state index in [1.807, 2.05) is 5.32 Å². The van der Waals surface area contributed by atoms with E-state index in [0.29, 0.717) is 0 Å². The molecule has 0 aliphatic carbocycles. The first-order valence-electron chi connectivity index (χ1n) is 11.1. The summed E-state index contributed by atoms with van der Waals surface area (Å²) >= 11 is 0. The number of rotatable bonds is 8. The Morgan fingerprint density at radius 3 is 1.85 bits per heavy atom. The molecule has 0 saturated carbocycles.